The molecule has 0 saturated carbocycles. The number of hydrogen-bond acceptors (Lipinski definition) is 3. The zero-order valence-electron chi connectivity index (χ0n) is 11.9. The largest absolute Gasteiger partial charge is 0.350 e. The van der Waals surface area contributed by atoms with E-state index in [1.54, 1.807) is 30.5 Å². The summed E-state index contributed by atoms with van der Waals surface area (Å²) in [5.74, 6) is -0.944. The first-order valence-electron chi connectivity index (χ1n) is 6.79. The Labute approximate surface area is 135 Å². The van der Waals surface area contributed by atoms with E-state index in [0.717, 1.165) is 4.68 Å². The van der Waals surface area contributed by atoms with Gasteiger partial charge in [-0.3, -0.25) is 9.20 Å². The maximum atomic E-state index is 13.3. The van der Waals surface area contributed by atoms with Crippen molar-refractivity contribution in [1.29, 1.82) is 0 Å². The van der Waals surface area contributed by atoms with Crippen molar-refractivity contribution in [1.82, 2.24) is 19.5 Å². The molecule has 0 bridgehead atoms. The number of amides is 1. The van der Waals surface area contributed by atoms with Crippen LogP contribution in [-0.4, -0.2) is 20.1 Å². The molecule has 0 atom stereocenters. The predicted octanol–water partition coefficient (Wildman–Crippen LogP) is 1.60. The lowest BCUT2D eigenvalue weighted by molar-refractivity contribution is -0.122. The van der Waals surface area contributed by atoms with Gasteiger partial charge in [-0.25, -0.2) is 13.9 Å². The van der Waals surface area contributed by atoms with Crippen LogP contribution in [0.2, 0.25) is 5.02 Å². The number of nitrogens with zero attached hydrogens (tertiary/aromatic N) is 3. The molecule has 0 aliphatic carbocycles. The molecule has 1 amide bonds. The number of aromatic nitrogens is 3. The molecule has 1 aromatic carbocycles. The Bertz CT molecular complexity index is 935. The van der Waals surface area contributed by atoms with Gasteiger partial charge >= 0.3 is 5.69 Å². The van der Waals surface area contributed by atoms with E-state index in [0.29, 0.717) is 11.2 Å². The van der Waals surface area contributed by atoms with Crippen LogP contribution in [-0.2, 0) is 17.9 Å². The standard InChI is InChI=1S/C15H12ClFN4O2/c16-11-5-4-10(7-12(11)17)8-18-14(22)9-21-15(23)20-6-2-1-3-13(20)19-21/h1-7H,8-9H2,(H,18,22). The molecule has 1 N–H and O–H groups in total. The van der Waals surface area contributed by atoms with E-state index in [4.69, 9.17) is 11.6 Å². The fourth-order valence-electron chi connectivity index (χ4n) is 2.11. The van der Waals surface area contributed by atoms with Gasteiger partial charge in [0.2, 0.25) is 5.91 Å². The van der Waals surface area contributed by atoms with Crippen molar-refractivity contribution in [3.05, 3.63) is 69.5 Å². The highest BCUT2D eigenvalue weighted by molar-refractivity contribution is 6.30. The Morgan fingerprint density at radius 3 is 2.87 bits per heavy atom. The van der Waals surface area contributed by atoms with Gasteiger partial charge in [0.1, 0.15) is 12.4 Å². The van der Waals surface area contributed by atoms with Crippen LogP contribution in [0.15, 0.2) is 47.4 Å². The smallest absolute Gasteiger partial charge is 0.350 e. The number of carbonyl (C=O) groups is 1. The van der Waals surface area contributed by atoms with Crippen LogP contribution in [0.25, 0.3) is 5.65 Å². The molecule has 6 nitrogen and oxygen atoms in total. The number of nitrogens with one attached hydrogen (secondary N) is 1. The van der Waals surface area contributed by atoms with Gasteiger partial charge in [0.25, 0.3) is 0 Å². The van der Waals surface area contributed by atoms with E-state index in [1.807, 2.05) is 0 Å². The molecule has 0 aliphatic rings. The molecule has 3 aromatic rings. The summed E-state index contributed by atoms with van der Waals surface area (Å²) < 4.78 is 15.7. The summed E-state index contributed by atoms with van der Waals surface area (Å²) in [6.07, 6.45) is 1.58. The second-order valence-corrected chi connectivity index (χ2v) is 5.30. The van der Waals surface area contributed by atoms with Crippen molar-refractivity contribution in [3.8, 4) is 0 Å². The molecule has 2 aromatic heterocycles. The fraction of sp³-hybridized carbons (Fsp3) is 0.133. The van der Waals surface area contributed by atoms with E-state index in [9.17, 15) is 14.0 Å². The SMILES string of the molecule is O=C(Cn1nc2ccccn2c1=O)NCc1ccc(Cl)c(F)c1. The molecular formula is C15H12ClFN4O2. The van der Waals surface area contributed by atoms with Crippen molar-refractivity contribution in [2.24, 2.45) is 0 Å². The van der Waals surface area contributed by atoms with Crippen LogP contribution < -0.4 is 11.0 Å². The molecule has 23 heavy (non-hydrogen) atoms. The third-order valence-corrected chi connectivity index (χ3v) is 3.56. The first-order chi connectivity index (χ1) is 11.0. The van der Waals surface area contributed by atoms with Crippen LogP contribution in [0.5, 0.6) is 0 Å². The van der Waals surface area contributed by atoms with Crippen LogP contribution in [0, 0.1) is 5.82 Å². The summed E-state index contributed by atoms with van der Waals surface area (Å²) in [5, 5.41) is 6.69. The van der Waals surface area contributed by atoms with Crippen LogP contribution in [0.3, 0.4) is 0 Å². The minimum Gasteiger partial charge on any atom is -0.350 e. The van der Waals surface area contributed by atoms with E-state index in [2.05, 4.69) is 10.4 Å². The number of hydrogen-bond donors (Lipinski definition) is 1. The zero-order chi connectivity index (χ0) is 16.4. The Morgan fingerprint density at radius 1 is 1.30 bits per heavy atom. The molecule has 0 radical (unpaired) electrons. The Balaban J connectivity index is 1.67. The lowest BCUT2D eigenvalue weighted by Gasteiger charge is -2.05. The van der Waals surface area contributed by atoms with Gasteiger partial charge in [-0.1, -0.05) is 23.7 Å². The lowest BCUT2D eigenvalue weighted by Crippen LogP contribution is -2.32. The lowest BCUT2D eigenvalue weighted by atomic mass is 10.2. The number of fused-ring (bicyclic) bond motifs is 1. The zero-order valence-corrected chi connectivity index (χ0v) is 12.6. The maximum Gasteiger partial charge on any atom is 0.350 e. The van der Waals surface area contributed by atoms with Gasteiger partial charge in [-0.15, -0.1) is 5.10 Å². The van der Waals surface area contributed by atoms with Gasteiger partial charge in [-0.05, 0) is 29.8 Å². The summed E-state index contributed by atoms with van der Waals surface area (Å²) in [7, 11) is 0. The average Bonchev–Trinajstić information content (AvgIpc) is 2.85. The third-order valence-electron chi connectivity index (χ3n) is 3.26. The van der Waals surface area contributed by atoms with Crippen LogP contribution in [0.4, 0.5) is 4.39 Å². The van der Waals surface area contributed by atoms with Gasteiger partial charge in [-0.2, -0.15) is 0 Å². The quantitative estimate of drug-likeness (QED) is 0.788. The summed E-state index contributed by atoms with van der Waals surface area (Å²) in [5.41, 5.74) is 0.640. The second kappa shape index (κ2) is 6.21. The van der Waals surface area contributed by atoms with Crippen molar-refractivity contribution < 1.29 is 9.18 Å². The molecule has 0 saturated heterocycles. The van der Waals surface area contributed by atoms with Gasteiger partial charge in [0, 0.05) is 12.7 Å². The van der Waals surface area contributed by atoms with E-state index >= 15 is 0 Å². The average molecular weight is 335 g/mol. The molecule has 0 aliphatic heterocycles. The minimum atomic E-state index is -0.546. The van der Waals surface area contributed by atoms with Crippen molar-refractivity contribution >= 4 is 23.2 Å². The molecule has 0 unspecified atom stereocenters. The first kappa shape index (κ1) is 15.2. The highest BCUT2D eigenvalue weighted by atomic mass is 35.5. The number of benzene rings is 1. The molecule has 118 valence electrons. The minimum absolute atomic E-state index is 0.0244. The topological polar surface area (TPSA) is 68.4 Å². The Hall–Kier alpha value is -2.67. The van der Waals surface area contributed by atoms with E-state index < -0.39 is 17.4 Å². The van der Waals surface area contributed by atoms with Gasteiger partial charge in [0.15, 0.2) is 5.65 Å². The van der Waals surface area contributed by atoms with Crippen molar-refractivity contribution in [2.75, 3.05) is 0 Å². The molecule has 0 spiro atoms. The molecular weight excluding hydrogens is 323 g/mol. The normalized spacial score (nSPS) is 10.9. The molecule has 0 fully saturated rings. The third kappa shape index (κ3) is 3.24. The summed E-state index contributed by atoms with van der Waals surface area (Å²) in [6.45, 7) is -0.0777. The Kier molecular flexibility index (Phi) is 4.12. The number of carbonyl (C=O) groups excluding carboxylic acids is 1. The van der Waals surface area contributed by atoms with Crippen molar-refractivity contribution in [2.45, 2.75) is 13.1 Å². The fourth-order valence-corrected chi connectivity index (χ4v) is 2.23. The first-order valence-corrected chi connectivity index (χ1v) is 7.17. The number of pyridine rings is 1. The summed E-state index contributed by atoms with van der Waals surface area (Å²) in [6, 6.07) is 9.41. The predicted molar refractivity (Wildman–Crippen MR) is 82.7 cm³/mol. The molecule has 2 heterocycles. The molecule has 3 rings (SSSR count). The van der Waals surface area contributed by atoms with Crippen molar-refractivity contribution in [3.63, 3.8) is 0 Å². The van der Waals surface area contributed by atoms with Gasteiger partial charge in [0.05, 0.1) is 5.02 Å². The summed E-state index contributed by atoms with van der Waals surface area (Å²) >= 11 is 5.60. The van der Waals surface area contributed by atoms with E-state index in [-0.39, 0.29) is 18.1 Å². The highest BCUT2D eigenvalue weighted by Gasteiger charge is 2.10. The number of halogens is 2. The molecule has 8 heteroatoms. The maximum absolute atomic E-state index is 13.3. The highest BCUT2D eigenvalue weighted by Crippen LogP contribution is 2.15. The van der Waals surface area contributed by atoms with Gasteiger partial charge < -0.3 is 5.32 Å². The summed E-state index contributed by atoms with van der Waals surface area (Å²) in [4.78, 5) is 24.0. The van der Waals surface area contributed by atoms with E-state index in [1.165, 1.54) is 16.5 Å². The van der Waals surface area contributed by atoms with Crippen LogP contribution >= 0.6 is 11.6 Å². The second-order valence-electron chi connectivity index (χ2n) is 4.89. The number of rotatable bonds is 4. The monoisotopic (exact) mass is 334 g/mol. The van der Waals surface area contributed by atoms with Crippen LogP contribution in [0.1, 0.15) is 5.56 Å². The Morgan fingerprint density at radius 2 is 2.13 bits per heavy atom.